The summed E-state index contributed by atoms with van der Waals surface area (Å²) in [6.07, 6.45) is 1.55. The molecule has 0 aliphatic carbocycles. The summed E-state index contributed by atoms with van der Waals surface area (Å²) in [6, 6.07) is 15.1. The van der Waals surface area contributed by atoms with E-state index in [0.29, 0.717) is 17.5 Å². The van der Waals surface area contributed by atoms with E-state index in [2.05, 4.69) is 25.8 Å². The van der Waals surface area contributed by atoms with Crippen LogP contribution in [-0.2, 0) is 0 Å². The van der Waals surface area contributed by atoms with Crippen LogP contribution in [0.3, 0.4) is 0 Å². The minimum Gasteiger partial charge on any atom is -0.497 e. The van der Waals surface area contributed by atoms with Gasteiger partial charge in [-0.1, -0.05) is 12.1 Å². The molecule has 1 heterocycles. The van der Waals surface area contributed by atoms with Gasteiger partial charge in [-0.2, -0.15) is 10.1 Å². The lowest BCUT2D eigenvalue weighted by molar-refractivity contribution is 0.415. The molecule has 7 nitrogen and oxygen atoms in total. The molecule has 3 aromatic rings. The van der Waals surface area contributed by atoms with Crippen LogP contribution in [0.2, 0.25) is 0 Å². The Morgan fingerprint density at radius 2 is 1.67 bits per heavy atom. The van der Waals surface area contributed by atoms with Crippen molar-refractivity contribution in [3.63, 3.8) is 0 Å². The Kier molecular flexibility index (Phi) is 4.71. The zero-order chi connectivity index (χ0) is 16.8. The molecule has 2 aromatic carbocycles. The zero-order valence-corrected chi connectivity index (χ0v) is 13.4. The minimum absolute atomic E-state index is 0.373. The van der Waals surface area contributed by atoms with E-state index in [9.17, 15) is 0 Å². The van der Waals surface area contributed by atoms with Gasteiger partial charge in [-0.3, -0.25) is 0 Å². The van der Waals surface area contributed by atoms with E-state index in [0.717, 1.165) is 17.1 Å². The molecule has 0 unspecified atom stereocenters. The smallest absolute Gasteiger partial charge is 0.249 e. The second-order valence-corrected chi connectivity index (χ2v) is 4.84. The summed E-state index contributed by atoms with van der Waals surface area (Å²) >= 11 is 0. The third-order valence-corrected chi connectivity index (χ3v) is 3.27. The number of para-hydroxylation sites is 2. The van der Waals surface area contributed by atoms with E-state index in [1.807, 2.05) is 48.5 Å². The average Bonchev–Trinajstić information content (AvgIpc) is 2.63. The Hall–Kier alpha value is -3.35. The van der Waals surface area contributed by atoms with Crippen LogP contribution in [0.5, 0.6) is 11.5 Å². The van der Waals surface area contributed by atoms with Gasteiger partial charge in [0.15, 0.2) is 5.82 Å². The van der Waals surface area contributed by atoms with E-state index in [1.165, 1.54) is 0 Å². The quantitative estimate of drug-likeness (QED) is 0.719. The van der Waals surface area contributed by atoms with Gasteiger partial charge in [0.05, 0.1) is 26.1 Å². The lowest BCUT2D eigenvalue weighted by Crippen LogP contribution is -2.03. The summed E-state index contributed by atoms with van der Waals surface area (Å²) in [6.45, 7) is 0. The largest absolute Gasteiger partial charge is 0.497 e. The highest BCUT2D eigenvalue weighted by Gasteiger charge is 2.06. The topological polar surface area (TPSA) is 81.2 Å². The minimum atomic E-state index is 0.373. The predicted molar refractivity (Wildman–Crippen MR) is 92.4 cm³/mol. The molecule has 0 aliphatic heterocycles. The second kappa shape index (κ2) is 7.28. The Balaban J connectivity index is 1.76. The van der Waals surface area contributed by atoms with Gasteiger partial charge in [0.25, 0.3) is 0 Å². The number of aromatic nitrogens is 3. The number of hydrogen-bond acceptors (Lipinski definition) is 7. The third-order valence-electron chi connectivity index (χ3n) is 3.27. The predicted octanol–water partition coefficient (Wildman–Crippen LogP) is 3.38. The first kappa shape index (κ1) is 15.5. The average molecular weight is 323 g/mol. The Morgan fingerprint density at radius 1 is 0.875 bits per heavy atom. The van der Waals surface area contributed by atoms with Crippen LogP contribution in [0.4, 0.5) is 23.1 Å². The summed E-state index contributed by atoms with van der Waals surface area (Å²) in [5.74, 6) is 2.44. The van der Waals surface area contributed by atoms with Gasteiger partial charge < -0.3 is 20.1 Å². The van der Waals surface area contributed by atoms with Crippen molar-refractivity contribution in [1.82, 2.24) is 15.2 Å². The van der Waals surface area contributed by atoms with E-state index >= 15 is 0 Å². The van der Waals surface area contributed by atoms with Crippen molar-refractivity contribution < 1.29 is 9.47 Å². The molecule has 24 heavy (non-hydrogen) atoms. The van der Waals surface area contributed by atoms with Gasteiger partial charge in [0, 0.05) is 5.69 Å². The summed E-state index contributed by atoms with van der Waals surface area (Å²) < 4.78 is 10.4. The SMILES string of the molecule is COc1ccc(Nc2cnnc(Nc3ccccc3OC)n2)cc1. The van der Waals surface area contributed by atoms with Gasteiger partial charge >= 0.3 is 0 Å². The maximum Gasteiger partial charge on any atom is 0.249 e. The summed E-state index contributed by atoms with van der Waals surface area (Å²) in [5, 5.41) is 14.2. The number of methoxy groups -OCH3 is 2. The molecule has 0 amide bonds. The van der Waals surface area contributed by atoms with Crippen LogP contribution < -0.4 is 20.1 Å². The van der Waals surface area contributed by atoms with Crippen LogP contribution in [0.15, 0.2) is 54.7 Å². The van der Waals surface area contributed by atoms with E-state index in [1.54, 1.807) is 20.4 Å². The summed E-state index contributed by atoms with van der Waals surface area (Å²) in [7, 11) is 3.24. The van der Waals surface area contributed by atoms with Crippen molar-refractivity contribution in [3.8, 4) is 11.5 Å². The fourth-order valence-corrected chi connectivity index (χ4v) is 2.11. The second-order valence-electron chi connectivity index (χ2n) is 4.84. The Labute approximate surface area is 139 Å². The highest BCUT2D eigenvalue weighted by Crippen LogP contribution is 2.26. The maximum absolute atomic E-state index is 5.30. The molecule has 1 aromatic heterocycles. The first-order valence-electron chi connectivity index (χ1n) is 7.29. The first-order chi connectivity index (χ1) is 11.8. The molecule has 0 radical (unpaired) electrons. The number of nitrogens with one attached hydrogen (secondary N) is 2. The molecule has 2 N–H and O–H groups in total. The molecule has 0 aliphatic rings. The maximum atomic E-state index is 5.30. The van der Waals surface area contributed by atoms with Crippen molar-refractivity contribution in [2.45, 2.75) is 0 Å². The van der Waals surface area contributed by atoms with Crippen LogP contribution in [0.25, 0.3) is 0 Å². The molecule has 3 rings (SSSR count). The molecule has 0 bridgehead atoms. The molecule has 122 valence electrons. The highest BCUT2D eigenvalue weighted by atomic mass is 16.5. The molecule has 0 saturated carbocycles. The first-order valence-corrected chi connectivity index (χ1v) is 7.29. The van der Waals surface area contributed by atoms with Crippen molar-refractivity contribution in [3.05, 3.63) is 54.7 Å². The number of nitrogens with zero attached hydrogens (tertiary/aromatic N) is 3. The zero-order valence-electron chi connectivity index (χ0n) is 13.4. The molecule has 7 heteroatoms. The van der Waals surface area contributed by atoms with Crippen molar-refractivity contribution in [1.29, 1.82) is 0 Å². The molecule has 0 atom stereocenters. The van der Waals surface area contributed by atoms with Crippen molar-refractivity contribution >= 4 is 23.1 Å². The normalized spacial score (nSPS) is 10.1. The van der Waals surface area contributed by atoms with Gasteiger partial charge in [-0.05, 0) is 36.4 Å². The molecular formula is C17H17N5O2. The standard InChI is InChI=1S/C17H17N5O2/c1-23-13-9-7-12(8-10-13)19-16-11-18-22-17(21-16)20-14-5-3-4-6-15(14)24-2/h3-11H,1-2H3,(H2,19,20,21,22). The summed E-state index contributed by atoms with van der Waals surface area (Å²) in [4.78, 5) is 4.40. The van der Waals surface area contributed by atoms with Gasteiger partial charge in [0.1, 0.15) is 11.5 Å². The monoisotopic (exact) mass is 323 g/mol. The number of ether oxygens (including phenoxy) is 2. The number of hydrogen-bond donors (Lipinski definition) is 2. The highest BCUT2D eigenvalue weighted by molar-refractivity contribution is 5.63. The Morgan fingerprint density at radius 3 is 2.42 bits per heavy atom. The van der Waals surface area contributed by atoms with E-state index < -0.39 is 0 Å². The van der Waals surface area contributed by atoms with Crippen LogP contribution >= 0.6 is 0 Å². The van der Waals surface area contributed by atoms with Crippen LogP contribution in [0, 0.1) is 0 Å². The van der Waals surface area contributed by atoms with E-state index in [-0.39, 0.29) is 0 Å². The van der Waals surface area contributed by atoms with Gasteiger partial charge in [0.2, 0.25) is 5.95 Å². The van der Waals surface area contributed by atoms with Crippen LogP contribution in [0.1, 0.15) is 0 Å². The van der Waals surface area contributed by atoms with Crippen molar-refractivity contribution in [2.75, 3.05) is 24.9 Å². The number of benzene rings is 2. The Bertz CT molecular complexity index is 808. The summed E-state index contributed by atoms with van der Waals surface area (Å²) in [5.41, 5.74) is 1.64. The lowest BCUT2D eigenvalue weighted by Gasteiger charge is -2.10. The fraction of sp³-hybridized carbons (Fsp3) is 0.118. The molecule has 0 spiro atoms. The fourth-order valence-electron chi connectivity index (χ4n) is 2.11. The van der Waals surface area contributed by atoms with Gasteiger partial charge in [-0.25, -0.2) is 0 Å². The van der Waals surface area contributed by atoms with Crippen LogP contribution in [-0.4, -0.2) is 29.4 Å². The van der Waals surface area contributed by atoms with Crippen molar-refractivity contribution in [2.24, 2.45) is 0 Å². The lowest BCUT2D eigenvalue weighted by atomic mass is 10.3. The molecular weight excluding hydrogens is 306 g/mol. The van der Waals surface area contributed by atoms with Gasteiger partial charge in [-0.15, -0.1) is 5.10 Å². The number of rotatable bonds is 6. The molecule has 0 saturated heterocycles. The number of anilines is 4. The van der Waals surface area contributed by atoms with E-state index in [4.69, 9.17) is 9.47 Å². The third kappa shape index (κ3) is 3.70. The molecule has 0 fully saturated rings.